The molecule has 1 unspecified atom stereocenters. The van der Waals surface area contributed by atoms with Gasteiger partial charge in [0.25, 0.3) is 0 Å². The van der Waals surface area contributed by atoms with Gasteiger partial charge in [-0.25, -0.2) is 0 Å². The predicted molar refractivity (Wildman–Crippen MR) is 61.8 cm³/mol. The molecule has 1 amide bonds. The van der Waals surface area contributed by atoms with E-state index in [1.807, 2.05) is 6.92 Å². The maximum Gasteiger partial charge on any atom is 0.227 e. The summed E-state index contributed by atoms with van der Waals surface area (Å²) in [6.45, 7) is 8.49. The number of carbonyl (C=O) groups is 1. The van der Waals surface area contributed by atoms with E-state index in [4.69, 9.17) is 0 Å². The maximum absolute atomic E-state index is 11.9. The maximum atomic E-state index is 11.9. The number of hydrogen-bond donors (Lipinski definition) is 3. The Bertz CT molecular complexity index is 200. The van der Waals surface area contributed by atoms with Gasteiger partial charge in [0.15, 0.2) is 0 Å². The van der Waals surface area contributed by atoms with Crippen LogP contribution in [0.15, 0.2) is 0 Å². The molecule has 0 bridgehead atoms. The first-order valence-electron chi connectivity index (χ1n) is 5.89. The highest BCUT2D eigenvalue weighted by molar-refractivity contribution is 5.82. The lowest BCUT2D eigenvalue weighted by atomic mass is 9.82. The lowest BCUT2D eigenvalue weighted by molar-refractivity contribution is -0.131. The van der Waals surface area contributed by atoms with Crippen molar-refractivity contribution < 1.29 is 4.79 Å². The molecule has 1 aliphatic heterocycles. The molecule has 1 fully saturated rings. The molecule has 1 rings (SSSR count). The molecule has 3 N–H and O–H groups in total. The summed E-state index contributed by atoms with van der Waals surface area (Å²) in [6, 6.07) is 0. The Labute approximate surface area is 92.2 Å². The molecule has 1 saturated heterocycles. The van der Waals surface area contributed by atoms with Crippen molar-refractivity contribution in [2.24, 2.45) is 5.41 Å². The van der Waals surface area contributed by atoms with Crippen LogP contribution in [0.25, 0.3) is 0 Å². The van der Waals surface area contributed by atoms with E-state index in [-0.39, 0.29) is 11.3 Å². The van der Waals surface area contributed by atoms with Gasteiger partial charge in [-0.2, -0.15) is 0 Å². The average molecular weight is 213 g/mol. The van der Waals surface area contributed by atoms with Crippen LogP contribution in [0.4, 0.5) is 0 Å². The van der Waals surface area contributed by atoms with Crippen molar-refractivity contribution in [2.75, 3.05) is 32.7 Å². The lowest BCUT2D eigenvalue weighted by Gasteiger charge is -2.32. The van der Waals surface area contributed by atoms with E-state index in [0.29, 0.717) is 0 Å². The SMILES string of the molecule is CCNCCNC(=O)C1(C)CCCNC1. The van der Waals surface area contributed by atoms with Gasteiger partial charge in [0.05, 0.1) is 5.41 Å². The van der Waals surface area contributed by atoms with Crippen molar-refractivity contribution in [3.63, 3.8) is 0 Å². The number of rotatable bonds is 5. The van der Waals surface area contributed by atoms with E-state index >= 15 is 0 Å². The highest BCUT2D eigenvalue weighted by atomic mass is 16.2. The summed E-state index contributed by atoms with van der Waals surface area (Å²) >= 11 is 0. The molecule has 1 aliphatic rings. The smallest absolute Gasteiger partial charge is 0.227 e. The second-order valence-corrected chi connectivity index (χ2v) is 4.45. The summed E-state index contributed by atoms with van der Waals surface area (Å²) in [6.07, 6.45) is 2.09. The summed E-state index contributed by atoms with van der Waals surface area (Å²) in [7, 11) is 0. The predicted octanol–water partition coefficient (Wildman–Crippen LogP) is 0.102. The summed E-state index contributed by atoms with van der Waals surface area (Å²) in [5, 5.41) is 9.46. The number of piperidine rings is 1. The van der Waals surface area contributed by atoms with E-state index in [9.17, 15) is 4.79 Å². The van der Waals surface area contributed by atoms with Crippen LogP contribution in [0.2, 0.25) is 0 Å². The molecule has 0 spiro atoms. The van der Waals surface area contributed by atoms with Crippen molar-refractivity contribution in [1.29, 1.82) is 0 Å². The number of nitrogens with one attached hydrogen (secondary N) is 3. The Balaban J connectivity index is 2.25. The molecule has 1 atom stereocenters. The number of hydrogen-bond acceptors (Lipinski definition) is 3. The van der Waals surface area contributed by atoms with E-state index in [1.165, 1.54) is 0 Å². The number of carbonyl (C=O) groups excluding carboxylic acids is 1. The minimum Gasteiger partial charge on any atom is -0.354 e. The summed E-state index contributed by atoms with van der Waals surface area (Å²) in [5.74, 6) is 0.188. The van der Waals surface area contributed by atoms with Crippen LogP contribution in [0.3, 0.4) is 0 Å². The summed E-state index contributed by atoms with van der Waals surface area (Å²) in [4.78, 5) is 11.9. The monoisotopic (exact) mass is 213 g/mol. The van der Waals surface area contributed by atoms with Gasteiger partial charge in [0.1, 0.15) is 0 Å². The van der Waals surface area contributed by atoms with Crippen LogP contribution in [-0.4, -0.2) is 38.6 Å². The zero-order chi connectivity index (χ0) is 11.1. The molecule has 0 aromatic carbocycles. The molecular formula is C11H23N3O. The Morgan fingerprint density at radius 3 is 2.87 bits per heavy atom. The van der Waals surface area contributed by atoms with E-state index < -0.39 is 0 Å². The third kappa shape index (κ3) is 3.80. The fourth-order valence-corrected chi connectivity index (χ4v) is 1.90. The first-order chi connectivity index (χ1) is 7.19. The average Bonchev–Trinajstić information content (AvgIpc) is 2.25. The Hall–Kier alpha value is -0.610. The Kier molecular flexibility index (Phi) is 5.05. The third-order valence-corrected chi connectivity index (χ3v) is 2.98. The molecule has 0 aromatic rings. The van der Waals surface area contributed by atoms with E-state index in [2.05, 4.69) is 22.9 Å². The molecule has 4 heteroatoms. The molecule has 88 valence electrons. The highest BCUT2D eigenvalue weighted by Gasteiger charge is 2.33. The number of likely N-dealkylation sites (N-methyl/N-ethyl adjacent to an activating group) is 1. The highest BCUT2D eigenvalue weighted by Crippen LogP contribution is 2.25. The van der Waals surface area contributed by atoms with E-state index in [1.54, 1.807) is 0 Å². The quantitative estimate of drug-likeness (QED) is 0.568. The molecule has 0 aromatic heterocycles. The van der Waals surface area contributed by atoms with Crippen molar-refractivity contribution in [3.8, 4) is 0 Å². The lowest BCUT2D eigenvalue weighted by Crippen LogP contribution is -2.49. The molecule has 15 heavy (non-hydrogen) atoms. The zero-order valence-corrected chi connectivity index (χ0v) is 9.86. The molecular weight excluding hydrogens is 190 g/mol. The Morgan fingerprint density at radius 1 is 1.47 bits per heavy atom. The third-order valence-electron chi connectivity index (χ3n) is 2.98. The van der Waals surface area contributed by atoms with Gasteiger partial charge in [0, 0.05) is 19.6 Å². The number of amides is 1. The minimum absolute atomic E-state index is 0.188. The fourth-order valence-electron chi connectivity index (χ4n) is 1.90. The second-order valence-electron chi connectivity index (χ2n) is 4.45. The van der Waals surface area contributed by atoms with Crippen LogP contribution in [0.5, 0.6) is 0 Å². The molecule has 4 nitrogen and oxygen atoms in total. The van der Waals surface area contributed by atoms with Gasteiger partial charge < -0.3 is 16.0 Å². The minimum atomic E-state index is -0.204. The van der Waals surface area contributed by atoms with Crippen LogP contribution in [-0.2, 0) is 4.79 Å². The van der Waals surface area contributed by atoms with Crippen LogP contribution in [0, 0.1) is 5.41 Å². The van der Waals surface area contributed by atoms with Crippen molar-refractivity contribution in [1.82, 2.24) is 16.0 Å². The second kappa shape index (κ2) is 6.08. The first-order valence-corrected chi connectivity index (χ1v) is 5.89. The van der Waals surface area contributed by atoms with Crippen molar-refractivity contribution >= 4 is 5.91 Å². The van der Waals surface area contributed by atoms with Crippen LogP contribution < -0.4 is 16.0 Å². The standard InChI is InChI=1S/C11H23N3O/c1-3-12-7-8-14-10(15)11(2)5-4-6-13-9-11/h12-13H,3-9H2,1-2H3,(H,14,15). The summed E-state index contributed by atoms with van der Waals surface area (Å²) in [5.41, 5.74) is -0.204. The van der Waals surface area contributed by atoms with Gasteiger partial charge in [-0.1, -0.05) is 6.92 Å². The largest absolute Gasteiger partial charge is 0.354 e. The molecule has 1 heterocycles. The van der Waals surface area contributed by atoms with Crippen LogP contribution >= 0.6 is 0 Å². The van der Waals surface area contributed by atoms with Gasteiger partial charge in [0.2, 0.25) is 5.91 Å². The van der Waals surface area contributed by atoms with Crippen LogP contribution in [0.1, 0.15) is 26.7 Å². The first kappa shape index (κ1) is 12.5. The molecule has 0 saturated carbocycles. The topological polar surface area (TPSA) is 53.2 Å². The fraction of sp³-hybridized carbons (Fsp3) is 0.909. The normalized spacial score (nSPS) is 26.3. The van der Waals surface area contributed by atoms with E-state index in [0.717, 1.165) is 45.6 Å². The molecule has 0 aliphatic carbocycles. The zero-order valence-electron chi connectivity index (χ0n) is 9.86. The molecule has 0 radical (unpaired) electrons. The van der Waals surface area contributed by atoms with Gasteiger partial charge in [-0.15, -0.1) is 0 Å². The van der Waals surface area contributed by atoms with Gasteiger partial charge in [-0.3, -0.25) is 4.79 Å². The van der Waals surface area contributed by atoms with Gasteiger partial charge >= 0.3 is 0 Å². The Morgan fingerprint density at radius 2 is 2.27 bits per heavy atom. The van der Waals surface area contributed by atoms with Crippen molar-refractivity contribution in [2.45, 2.75) is 26.7 Å². The van der Waals surface area contributed by atoms with Crippen molar-refractivity contribution in [3.05, 3.63) is 0 Å². The van der Waals surface area contributed by atoms with Gasteiger partial charge in [-0.05, 0) is 32.9 Å². The summed E-state index contributed by atoms with van der Waals surface area (Å²) < 4.78 is 0.